The van der Waals surface area contributed by atoms with Crippen LogP contribution in [0.5, 0.6) is 0 Å². The Kier molecular flexibility index (Phi) is 18.5. The highest BCUT2D eigenvalue weighted by Crippen LogP contribution is 2.63. The third-order valence-electron chi connectivity index (χ3n) is 22.5. The van der Waals surface area contributed by atoms with Gasteiger partial charge in [0.25, 0.3) is 28.9 Å². The fraction of sp³-hybridized carbons (Fsp3) is 0.368. The molecule has 0 radical (unpaired) electrons. The van der Waals surface area contributed by atoms with Crippen LogP contribution in [-0.4, -0.2) is 163 Å². The Hall–Kier alpha value is -7.75. The number of nitrogens with one attached hydrogen (secondary N) is 2. The molecule has 8 aliphatic heterocycles. The standard InChI is InChI=1S/2C38H41N6O5PSi/c2*1-3-38-23-46-32(37(47-38)43-25-41-31-34(39-24-40-35(31)43)42-36(45)26-14-7-4-8-15-26)33(38)49-50-44-21-13-20-29(44)30(48-50)22-51(2,27-16-9-5-10-17-27)28-18-11-6-12-19-28/h2*4-12,14-19,24-25,29-30,32-33,37H,3,13,20-23H2,1-2H3,(H,39,40,42,45)/t29-,30+,32+,33?,37-,38+,50+;29-,30+,32-,33?,37+,38-,50+/m10/s1. The van der Waals surface area contributed by atoms with Crippen LogP contribution in [0.3, 0.4) is 0 Å². The van der Waals surface area contributed by atoms with Crippen LogP contribution in [0.1, 0.15) is 85.5 Å². The minimum Gasteiger partial charge on any atom is -0.368 e. The molecule has 26 heteroatoms. The number of ether oxygens (including phenoxy) is 4. The van der Waals surface area contributed by atoms with Gasteiger partial charge in [0, 0.05) is 36.3 Å². The smallest absolute Gasteiger partial charge is 0.259 e. The highest BCUT2D eigenvalue weighted by atomic mass is 31.2. The quantitative estimate of drug-likeness (QED) is 0.0534. The molecule has 4 bridgehead atoms. The highest BCUT2D eigenvalue weighted by Gasteiger charge is 2.66. The van der Waals surface area contributed by atoms with Crippen molar-refractivity contribution >= 4 is 99.7 Å². The van der Waals surface area contributed by atoms with Crippen molar-refractivity contribution in [3.05, 3.63) is 218 Å². The number of benzene rings is 6. The van der Waals surface area contributed by atoms with Gasteiger partial charge in [0.1, 0.15) is 64.4 Å². The molecule has 0 saturated carbocycles. The Labute approximate surface area is 596 Å². The van der Waals surface area contributed by atoms with E-state index in [4.69, 9.17) is 37.0 Å². The Bertz CT molecular complexity index is 4260. The number of rotatable bonds is 20. The van der Waals surface area contributed by atoms with E-state index in [0.29, 0.717) is 83.2 Å². The molecule has 18 rings (SSSR count). The third-order valence-corrected chi connectivity index (χ3v) is 34.9. The Morgan fingerprint density at radius 1 is 0.500 bits per heavy atom. The van der Waals surface area contributed by atoms with Crippen LogP contribution in [0.15, 0.2) is 207 Å². The summed E-state index contributed by atoms with van der Waals surface area (Å²) in [5, 5.41) is 11.5. The van der Waals surface area contributed by atoms with E-state index in [9.17, 15) is 9.59 Å². The molecule has 22 nitrogen and oxygen atoms in total. The predicted molar refractivity (Wildman–Crippen MR) is 395 cm³/mol. The zero-order valence-corrected chi connectivity index (χ0v) is 61.1. The summed E-state index contributed by atoms with van der Waals surface area (Å²) >= 11 is 0. The lowest BCUT2D eigenvalue weighted by Gasteiger charge is -2.32. The molecule has 14 atom stereocenters. The summed E-state index contributed by atoms with van der Waals surface area (Å²) in [6.07, 6.45) is 9.82. The van der Waals surface area contributed by atoms with Crippen LogP contribution in [0, 0.1) is 0 Å². The minimum absolute atomic E-state index is 0.0729. The number of aromatic nitrogens is 8. The second kappa shape index (κ2) is 28.0. The molecule has 8 aliphatic rings. The van der Waals surface area contributed by atoms with Crippen molar-refractivity contribution in [1.29, 1.82) is 0 Å². The molecule has 6 aromatic carbocycles. The molecule has 8 saturated heterocycles. The molecule has 2 unspecified atom stereocenters. The Morgan fingerprint density at radius 2 is 0.853 bits per heavy atom. The minimum atomic E-state index is -2.14. The van der Waals surface area contributed by atoms with Crippen LogP contribution in [0.4, 0.5) is 11.6 Å². The first-order chi connectivity index (χ1) is 49.9. The van der Waals surface area contributed by atoms with Crippen molar-refractivity contribution in [3.8, 4) is 0 Å². The summed E-state index contributed by atoms with van der Waals surface area (Å²) in [5.74, 6) is 0.141. The van der Waals surface area contributed by atoms with Gasteiger partial charge in [0.15, 0.2) is 46.4 Å². The first kappa shape index (κ1) is 67.4. The van der Waals surface area contributed by atoms with Crippen molar-refractivity contribution in [2.24, 2.45) is 0 Å². The lowest BCUT2D eigenvalue weighted by molar-refractivity contribution is -0.172. The van der Waals surface area contributed by atoms with Crippen LogP contribution >= 0.6 is 17.1 Å². The topological polar surface area (TPSA) is 226 Å². The predicted octanol–water partition coefficient (Wildman–Crippen LogP) is 11.0. The van der Waals surface area contributed by atoms with E-state index < -0.39 is 56.9 Å². The lowest BCUT2D eigenvalue weighted by Crippen LogP contribution is -2.58. The first-order valence-corrected chi connectivity index (χ1v) is 43.3. The highest BCUT2D eigenvalue weighted by molar-refractivity contribution is 7.45. The van der Waals surface area contributed by atoms with Gasteiger partial charge in [-0.15, -0.1) is 0 Å². The number of hydrogen-bond donors (Lipinski definition) is 2. The van der Waals surface area contributed by atoms with Crippen molar-refractivity contribution in [3.63, 3.8) is 0 Å². The fourth-order valence-electron chi connectivity index (χ4n) is 16.8. The van der Waals surface area contributed by atoms with Crippen molar-refractivity contribution in [1.82, 2.24) is 48.4 Å². The molecule has 12 heterocycles. The first-order valence-electron chi connectivity index (χ1n) is 35.6. The number of hydrogen-bond acceptors (Lipinski definition) is 18. The maximum absolute atomic E-state index is 13.0. The van der Waals surface area contributed by atoms with Gasteiger partial charge in [0.05, 0.1) is 38.1 Å². The molecule has 524 valence electrons. The molecule has 102 heavy (non-hydrogen) atoms. The number of carbonyl (C=O) groups excluding carboxylic acids is 2. The molecule has 10 aromatic rings. The summed E-state index contributed by atoms with van der Waals surface area (Å²) in [5.41, 5.74) is 1.84. The molecule has 8 fully saturated rings. The maximum atomic E-state index is 13.0. The average Bonchev–Trinajstić information content (AvgIpc) is 1.56. The van der Waals surface area contributed by atoms with E-state index in [-0.39, 0.29) is 48.4 Å². The number of nitrogens with zero attached hydrogens (tertiary/aromatic N) is 10. The summed E-state index contributed by atoms with van der Waals surface area (Å²) in [7, 11) is -6.94. The number of imidazole rings is 2. The molecule has 2 N–H and O–H groups in total. The van der Waals surface area contributed by atoms with E-state index in [2.05, 4.69) is 198 Å². The fourth-order valence-corrected chi connectivity index (χ4v) is 28.8. The molecule has 4 aromatic heterocycles. The summed E-state index contributed by atoms with van der Waals surface area (Å²) in [6, 6.07) is 64.7. The van der Waals surface area contributed by atoms with Gasteiger partial charge >= 0.3 is 0 Å². The van der Waals surface area contributed by atoms with Crippen LogP contribution in [0.2, 0.25) is 25.2 Å². The Morgan fingerprint density at radius 3 is 1.21 bits per heavy atom. The van der Waals surface area contributed by atoms with E-state index in [1.54, 1.807) is 36.9 Å². The Balaban J connectivity index is 0.000000152. The van der Waals surface area contributed by atoms with E-state index in [1.807, 2.05) is 45.5 Å². The van der Waals surface area contributed by atoms with Gasteiger partial charge in [-0.1, -0.05) is 205 Å². The maximum Gasteiger partial charge on any atom is 0.259 e. The largest absolute Gasteiger partial charge is 0.368 e. The summed E-state index contributed by atoms with van der Waals surface area (Å²) in [4.78, 5) is 53.0. The lowest BCUT2D eigenvalue weighted by atomic mass is 9.96. The molecule has 2 amide bonds. The number of fused-ring (bicyclic) bond motifs is 8. The van der Waals surface area contributed by atoms with Gasteiger partial charge < -0.3 is 47.7 Å². The van der Waals surface area contributed by atoms with Crippen molar-refractivity contribution < 1.29 is 46.6 Å². The number of carbonyl (C=O) groups is 2. The molecular weight excluding hydrogens is 1360 g/mol. The zero-order chi connectivity index (χ0) is 69.2. The summed E-state index contributed by atoms with van der Waals surface area (Å²) < 4.78 is 63.7. The zero-order valence-electron chi connectivity index (χ0n) is 57.3. The van der Waals surface area contributed by atoms with E-state index in [0.717, 1.165) is 50.9 Å². The second-order valence-corrected chi connectivity index (χ2v) is 39.5. The van der Waals surface area contributed by atoms with Crippen LogP contribution in [-0.2, 0) is 37.0 Å². The van der Waals surface area contributed by atoms with Crippen molar-refractivity contribution in [2.45, 2.75) is 150 Å². The third kappa shape index (κ3) is 12.1. The number of amides is 2. The van der Waals surface area contributed by atoms with Crippen LogP contribution < -0.4 is 31.4 Å². The average molecular weight is 1440 g/mol. The number of anilines is 2. The second-order valence-electron chi connectivity index (χ2n) is 28.2. The van der Waals surface area contributed by atoms with E-state index >= 15 is 0 Å². The SMILES string of the molecule is CC[C@]12CO[C@@H](C1O[P@@]1O[C@H](C[Si](C)(c3ccccc3)c3ccccc3)[C@@H]3CCCN31)[C@H](n1cnc3c(NC(=O)c4ccccc4)ncnc31)O2.CC[C@]12CO[C@@H](C1O[P@]1O[C@@H](C[Si](C)(c3ccccc3)c3ccccc3)[C@H]3CCCN31)[C@H](n1cnc3c(NC(=O)c4ccccc4)ncnc31)O2. The van der Waals surface area contributed by atoms with E-state index in [1.165, 1.54) is 33.4 Å². The molecular formula is C76H82N12O10P2Si2. The molecule has 0 spiro atoms. The van der Waals surface area contributed by atoms with Gasteiger partial charge in [0.2, 0.25) is 0 Å². The van der Waals surface area contributed by atoms with Gasteiger partial charge in [-0.2, -0.15) is 0 Å². The van der Waals surface area contributed by atoms with Crippen molar-refractivity contribution in [2.75, 3.05) is 36.9 Å². The molecule has 0 aliphatic carbocycles. The van der Waals surface area contributed by atoms with Gasteiger partial charge in [-0.3, -0.25) is 18.7 Å². The monoisotopic (exact) mass is 1440 g/mol. The van der Waals surface area contributed by atoms with Gasteiger partial charge in [-0.05, 0) is 74.9 Å². The van der Waals surface area contributed by atoms with Gasteiger partial charge in [-0.25, -0.2) is 39.2 Å². The normalized spacial score (nSPS) is 28.7. The summed E-state index contributed by atoms with van der Waals surface area (Å²) in [6.45, 7) is 12.0. The van der Waals surface area contributed by atoms with Crippen LogP contribution in [0.25, 0.3) is 22.3 Å².